The topological polar surface area (TPSA) is 80.3 Å². The van der Waals surface area contributed by atoms with Crippen molar-refractivity contribution in [3.05, 3.63) is 81.0 Å². The first-order valence-electron chi connectivity index (χ1n) is 10.2. The van der Waals surface area contributed by atoms with Crippen LogP contribution in [0.25, 0.3) is 6.08 Å². The summed E-state index contributed by atoms with van der Waals surface area (Å²) >= 11 is 3.42. The van der Waals surface area contributed by atoms with Gasteiger partial charge in [0.25, 0.3) is 0 Å². The highest BCUT2D eigenvalue weighted by Crippen LogP contribution is 2.40. The Bertz CT molecular complexity index is 1300. The highest BCUT2D eigenvalue weighted by atomic mass is 79.9. The Morgan fingerprint density at radius 1 is 0.971 bits per heavy atom. The van der Waals surface area contributed by atoms with Gasteiger partial charge >= 0.3 is 5.97 Å². The van der Waals surface area contributed by atoms with E-state index in [1.165, 1.54) is 39.5 Å². The molecule has 8 heteroatoms. The Morgan fingerprint density at radius 3 is 2.29 bits per heavy atom. The number of hydrogen-bond acceptors (Lipinski definition) is 7. The lowest BCUT2D eigenvalue weighted by atomic mass is 10.0. The third-order valence-corrected chi connectivity index (χ3v) is 5.69. The number of Topliss-reactive ketones (excluding diaryl/α,β-unsaturated/α-hetero) is 1. The van der Waals surface area contributed by atoms with Gasteiger partial charge in [0.05, 0.1) is 32.5 Å². The standard InChI is InChI=1S/C26H21BrO7/c1-14-8-18(33-26(29)16-11-21(30-2)25(32-4)22(12-16)31-3)13-19-23(14)24(28)20(34-19)10-15-6-5-7-17(27)9-15/h5-13H,1-4H3/b20-10-. The number of carbonyl (C=O) groups excluding carboxylic acids is 2. The minimum atomic E-state index is -0.632. The first-order chi connectivity index (χ1) is 16.3. The van der Waals surface area contributed by atoms with Crippen molar-refractivity contribution in [3.63, 3.8) is 0 Å². The fraction of sp³-hybridized carbons (Fsp3) is 0.154. The molecular weight excluding hydrogens is 504 g/mol. The lowest BCUT2D eigenvalue weighted by Crippen LogP contribution is -2.10. The molecule has 0 aliphatic carbocycles. The van der Waals surface area contributed by atoms with E-state index < -0.39 is 5.97 Å². The molecule has 7 nitrogen and oxygen atoms in total. The number of hydrogen-bond donors (Lipinski definition) is 0. The largest absolute Gasteiger partial charge is 0.493 e. The second-order valence-corrected chi connectivity index (χ2v) is 8.33. The van der Waals surface area contributed by atoms with Crippen molar-refractivity contribution in [1.29, 1.82) is 0 Å². The molecule has 1 heterocycles. The Kier molecular flexibility index (Phi) is 6.61. The van der Waals surface area contributed by atoms with E-state index in [0.29, 0.717) is 34.1 Å². The Labute approximate surface area is 205 Å². The summed E-state index contributed by atoms with van der Waals surface area (Å²) in [5, 5.41) is 0. The molecule has 0 fully saturated rings. The van der Waals surface area contributed by atoms with Crippen molar-refractivity contribution in [3.8, 4) is 28.7 Å². The van der Waals surface area contributed by atoms with E-state index >= 15 is 0 Å². The summed E-state index contributed by atoms with van der Waals surface area (Å²) in [6.45, 7) is 1.76. The SMILES string of the molecule is COc1cc(C(=O)Oc2cc(C)c3c(c2)O/C(=C\c2cccc(Br)c2)C3=O)cc(OC)c1OC. The predicted octanol–water partition coefficient (Wildman–Crippen LogP) is 5.62. The minimum Gasteiger partial charge on any atom is -0.493 e. The molecule has 3 aromatic carbocycles. The summed E-state index contributed by atoms with van der Waals surface area (Å²) in [6, 6.07) is 13.7. The number of ether oxygens (including phenoxy) is 5. The van der Waals surface area contributed by atoms with Crippen molar-refractivity contribution in [2.75, 3.05) is 21.3 Å². The summed E-state index contributed by atoms with van der Waals surface area (Å²) in [4.78, 5) is 25.8. The average molecular weight is 525 g/mol. The lowest BCUT2D eigenvalue weighted by molar-refractivity contribution is 0.0733. The van der Waals surface area contributed by atoms with Gasteiger partial charge in [-0.2, -0.15) is 0 Å². The first-order valence-corrected chi connectivity index (χ1v) is 11.0. The number of benzene rings is 3. The van der Waals surface area contributed by atoms with Crippen molar-refractivity contribution >= 4 is 33.8 Å². The van der Waals surface area contributed by atoms with Crippen LogP contribution in [-0.2, 0) is 0 Å². The van der Waals surface area contributed by atoms with E-state index in [1.54, 1.807) is 19.1 Å². The summed E-state index contributed by atoms with van der Waals surface area (Å²) < 4.78 is 28.2. The summed E-state index contributed by atoms with van der Waals surface area (Å²) in [5.41, 5.74) is 2.10. The van der Waals surface area contributed by atoms with Crippen LogP contribution >= 0.6 is 15.9 Å². The van der Waals surface area contributed by atoms with E-state index in [0.717, 1.165) is 10.0 Å². The number of fused-ring (bicyclic) bond motifs is 1. The second kappa shape index (κ2) is 9.61. The molecule has 0 saturated carbocycles. The van der Waals surface area contributed by atoms with Gasteiger partial charge in [0.15, 0.2) is 17.3 Å². The highest BCUT2D eigenvalue weighted by Gasteiger charge is 2.30. The monoisotopic (exact) mass is 524 g/mol. The molecule has 0 amide bonds. The quantitative estimate of drug-likeness (QED) is 0.235. The number of esters is 1. The molecule has 0 radical (unpaired) electrons. The van der Waals surface area contributed by atoms with Crippen LogP contribution in [0.2, 0.25) is 0 Å². The fourth-order valence-corrected chi connectivity index (χ4v) is 4.07. The lowest BCUT2D eigenvalue weighted by Gasteiger charge is -2.14. The molecule has 4 rings (SSSR count). The fourth-order valence-electron chi connectivity index (χ4n) is 3.65. The molecule has 3 aromatic rings. The van der Waals surface area contributed by atoms with Crippen LogP contribution in [-0.4, -0.2) is 33.1 Å². The van der Waals surface area contributed by atoms with Crippen LogP contribution in [0.3, 0.4) is 0 Å². The van der Waals surface area contributed by atoms with Crippen molar-refractivity contribution in [2.24, 2.45) is 0 Å². The first kappa shape index (κ1) is 23.4. The number of ketones is 1. The van der Waals surface area contributed by atoms with Gasteiger partial charge in [-0.15, -0.1) is 0 Å². The average Bonchev–Trinajstić information content (AvgIpc) is 3.13. The van der Waals surface area contributed by atoms with Gasteiger partial charge < -0.3 is 23.7 Å². The van der Waals surface area contributed by atoms with Gasteiger partial charge in [0.2, 0.25) is 11.5 Å². The van der Waals surface area contributed by atoms with Crippen LogP contribution in [0, 0.1) is 6.92 Å². The predicted molar refractivity (Wildman–Crippen MR) is 129 cm³/mol. The molecule has 1 aliphatic rings. The van der Waals surface area contributed by atoms with Crippen LogP contribution in [0.4, 0.5) is 0 Å². The third-order valence-electron chi connectivity index (χ3n) is 5.20. The molecule has 0 aromatic heterocycles. The number of methoxy groups -OCH3 is 3. The molecule has 0 atom stereocenters. The van der Waals surface area contributed by atoms with E-state index in [4.69, 9.17) is 23.7 Å². The minimum absolute atomic E-state index is 0.198. The summed E-state index contributed by atoms with van der Waals surface area (Å²) in [6.07, 6.45) is 1.67. The number of carbonyl (C=O) groups is 2. The van der Waals surface area contributed by atoms with Gasteiger partial charge in [-0.3, -0.25) is 4.79 Å². The van der Waals surface area contributed by atoms with Crippen LogP contribution in [0.1, 0.15) is 31.8 Å². The summed E-state index contributed by atoms with van der Waals surface area (Å²) in [7, 11) is 4.40. The molecular formula is C26H21BrO7. The third kappa shape index (κ3) is 4.49. The van der Waals surface area contributed by atoms with E-state index in [9.17, 15) is 9.59 Å². The highest BCUT2D eigenvalue weighted by molar-refractivity contribution is 9.10. The maximum absolute atomic E-state index is 12.9. The molecule has 0 saturated heterocycles. The molecule has 34 heavy (non-hydrogen) atoms. The maximum Gasteiger partial charge on any atom is 0.343 e. The molecule has 0 bridgehead atoms. The van der Waals surface area contributed by atoms with Crippen LogP contribution in [0.5, 0.6) is 28.7 Å². The molecule has 1 aliphatic heterocycles. The molecule has 0 N–H and O–H groups in total. The normalized spacial score (nSPS) is 13.3. The van der Waals surface area contributed by atoms with Gasteiger partial charge in [0.1, 0.15) is 11.5 Å². The number of aryl methyl sites for hydroxylation is 1. The smallest absolute Gasteiger partial charge is 0.343 e. The molecule has 0 unspecified atom stereocenters. The van der Waals surface area contributed by atoms with Gasteiger partial charge in [-0.25, -0.2) is 4.79 Å². The van der Waals surface area contributed by atoms with Crippen LogP contribution in [0.15, 0.2) is 58.8 Å². The number of halogens is 1. The van der Waals surface area contributed by atoms with Crippen molar-refractivity contribution < 1.29 is 33.3 Å². The maximum atomic E-state index is 12.9. The van der Waals surface area contributed by atoms with Gasteiger partial charge in [0, 0.05) is 10.5 Å². The Balaban J connectivity index is 1.62. The number of allylic oxidation sites excluding steroid dienone is 1. The van der Waals surface area contributed by atoms with E-state index in [1.807, 2.05) is 24.3 Å². The second-order valence-electron chi connectivity index (χ2n) is 7.41. The van der Waals surface area contributed by atoms with Crippen LogP contribution < -0.4 is 23.7 Å². The zero-order valence-corrected chi connectivity index (χ0v) is 20.5. The Hall–Kier alpha value is -3.78. The summed E-state index contributed by atoms with van der Waals surface area (Å²) in [5.74, 6) is 0.939. The zero-order valence-electron chi connectivity index (χ0n) is 18.9. The van der Waals surface area contributed by atoms with E-state index in [-0.39, 0.29) is 22.9 Å². The molecule has 0 spiro atoms. The zero-order chi connectivity index (χ0) is 24.4. The van der Waals surface area contributed by atoms with Crippen molar-refractivity contribution in [2.45, 2.75) is 6.92 Å². The molecule has 174 valence electrons. The van der Waals surface area contributed by atoms with Gasteiger partial charge in [-0.05, 0) is 54.5 Å². The number of rotatable bonds is 6. The van der Waals surface area contributed by atoms with Crippen molar-refractivity contribution in [1.82, 2.24) is 0 Å². The Morgan fingerprint density at radius 2 is 1.68 bits per heavy atom. The van der Waals surface area contributed by atoms with Gasteiger partial charge in [-0.1, -0.05) is 28.1 Å². The van der Waals surface area contributed by atoms with E-state index in [2.05, 4.69) is 15.9 Å².